The summed E-state index contributed by atoms with van der Waals surface area (Å²) in [5.74, 6) is -0.262. The Hall–Kier alpha value is -1.84. The van der Waals surface area contributed by atoms with Crippen LogP contribution in [0.2, 0.25) is 0 Å². The quantitative estimate of drug-likeness (QED) is 0.868. The van der Waals surface area contributed by atoms with Crippen LogP contribution in [0, 0.1) is 0 Å². The van der Waals surface area contributed by atoms with E-state index in [0.29, 0.717) is 6.42 Å². The number of cyclic esters (lactones) is 1. The Morgan fingerprint density at radius 3 is 2.59 bits per heavy atom. The van der Waals surface area contributed by atoms with Gasteiger partial charge >= 0.3 is 6.09 Å². The lowest BCUT2D eigenvalue weighted by Gasteiger charge is -2.35. The van der Waals surface area contributed by atoms with E-state index >= 15 is 0 Å². The van der Waals surface area contributed by atoms with Crippen molar-refractivity contribution >= 4 is 12.0 Å². The monoisotopic (exact) mass is 233 g/mol. The van der Waals surface area contributed by atoms with Crippen molar-refractivity contribution < 1.29 is 14.3 Å². The van der Waals surface area contributed by atoms with Crippen molar-refractivity contribution in [1.82, 2.24) is 5.32 Å². The van der Waals surface area contributed by atoms with E-state index in [2.05, 4.69) is 5.32 Å². The predicted molar refractivity (Wildman–Crippen MR) is 62.5 cm³/mol. The van der Waals surface area contributed by atoms with Crippen LogP contribution in [-0.4, -0.2) is 18.6 Å². The number of carbonyl (C=O) groups excluding carboxylic acids is 2. The second-order valence-corrected chi connectivity index (χ2v) is 4.23. The Morgan fingerprint density at radius 2 is 2.00 bits per heavy atom. The topological polar surface area (TPSA) is 55.4 Å². The van der Waals surface area contributed by atoms with Crippen LogP contribution in [0.5, 0.6) is 0 Å². The Morgan fingerprint density at radius 1 is 1.29 bits per heavy atom. The molecule has 1 heterocycles. The smallest absolute Gasteiger partial charge is 0.413 e. The molecule has 2 amide bonds. The number of imide groups is 1. The highest BCUT2D eigenvalue weighted by atomic mass is 16.6. The molecule has 1 aliphatic rings. The van der Waals surface area contributed by atoms with E-state index in [-0.39, 0.29) is 12.5 Å². The fourth-order valence-electron chi connectivity index (χ4n) is 2.23. The molecule has 0 saturated carbocycles. The first kappa shape index (κ1) is 11.6. The van der Waals surface area contributed by atoms with Crippen molar-refractivity contribution in [1.29, 1.82) is 0 Å². The van der Waals surface area contributed by atoms with Crippen molar-refractivity contribution in [2.45, 2.75) is 25.2 Å². The average molecular weight is 233 g/mol. The zero-order valence-corrected chi connectivity index (χ0v) is 9.73. The zero-order chi connectivity index (χ0) is 12.3. The summed E-state index contributed by atoms with van der Waals surface area (Å²) in [7, 11) is 0. The number of carbonyl (C=O) groups is 2. The molecule has 0 aliphatic carbocycles. The van der Waals surface area contributed by atoms with E-state index in [9.17, 15) is 9.59 Å². The highest BCUT2D eigenvalue weighted by Gasteiger charge is 2.44. The van der Waals surface area contributed by atoms with E-state index in [1.54, 1.807) is 0 Å². The van der Waals surface area contributed by atoms with Gasteiger partial charge in [-0.3, -0.25) is 10.1 Å². The SMILES string of the molecule is CCCC1(c2ccccc2)COC(=O)NC1=O. The van der Waals surface area contributed by atoms with Crippen LogP contribution in [0.1, 0.15) is 25.3 Å². The molecule has 0 bridgehead atoms. The van der Waals surface area contributed by atoms with Gasteiger partial charge < -0.3 is 4.74 Å². The summed E-state index contributed by atoms with van der Waals surface area (Å²) < 4.78 is 5.00. The molecule has 1 fully saturated rings. The number of nitrogens with one attached hydrogen (secondary N) is 1. The van der Waals surface area contributed by atoms with Gasteiger partial charge in [-0.1, -0.05) is 43.7 Å². The van der Waals surface area contributed by atoms with E-state index in [1.807, 2.05) is 37.3 Å². The molecule has 1 N–H and O–H groups in total. The van der Waals surface area contributed by atoms with Crippen molar-refractivity contribution in [2.75, 3.05) is 6.61 Å². The molecule has 4 nitrogen and oxygen atoms in total. The normalized spacial score (nSPS) is 24.1. The van der Waals surface area contributed by atoms with Crippen molar-refractivity contribution in [3.05, 3.63) is 35.9 Å². The molecule has 2 rings (SSSR count). The molecule has 90 valence electrons. The van der Waals surface area contributed by atoms with Crippen molar-refractivity contribution in [2.24, 2.45) is 0 Å². The summed E-state index contributed by atoms with van der Waals surface area (Å²) in [4.78, 5) is 23.1. The van der Waals surface area contributed by atoms with Gasteiger partial charge in [-0.15, -0.1) is 0 Å². The Balaban J connectivity index is 2.39. The molecule has 1 saturated heterocycles. The van der Waals surface area contributed by atoms with Crippen LogP contribution in [0.15, 0.2) is 30.3 Å². The van der Waals surface area contributed by atoms with Gasteiger partial charge in [-0.05, 0) is 12.0 Å². The number of hydrogen-bond donors (Lipinski definition) is 1. The van der Waals surface area contributed by atoms with E-state index in [0.717, 1.165) is 12.0 Å². The maximum Gasteiger partial charge on any atom is 0.413 e. The standard InChI is InChI=1S/C13H15NO3/c1-2-8-13(10-6-4-3-5-7-10)9-17-12(16)14-11(13)15/h3-7H,2,8-9H2,1H3,(H,14,15,16). The zero-order valence-electron chi connectivity index (χ0n) is 9.73. The number of alkyl carbamates (subject to hydrolysis) is 1. The van der Waals surface area contributed by atoms with Crippen LogP contribution in [0.25, 0.3) is 0 Å². The summed E-state index contributed by atoms with van der Waals surface area (Å²) >= 11 is 0. The van der Waals surface area contributed by atoms with Gasteiger partial charge in [0.05, 0.1) is 0 Å². The molecule has 0 aromatic heterocycles. The van der Waals surface area contributed by atoms with E-state index < -0.39 is 11.5 Å². The minimum atomic E-state index is -0.732. The van der Waals surface area contributed by atoms with Crippen LogP contribution in [0.3, 0.4) is 0 Å². The second kappa shape index (κ2) is 4.57. The Labute approximate surface area is 100.0 Å². The third kappa shape index (κ3) is 2.02. The number of benzene rings is 1. The molecule has 1 aliphatic heterocycles. The highest BCUT2D eigenvalue weighted by molar-refractivity contribution is 6.00. The molecule has 1 aromatic carbocycles. The predicted octanol–water partition coefficient (Wildman–Crippen LogP) is 1.99. The van der Waals surface area contributed by atoms with Crippen molar-refractivity contribution in [3.8, 4) is 0 Å². The molecule has 4 heteroatoms. The first-order valence-corrected chi connectivity index (χ1v) is 5.73. The third-order valence-electron chi connectivity index (χ3n) is 3.10. The molecule has 0 radical (unpaired) electrons. The molecule has 1 unspecified atom stereocenters. The van der Waals surface area contributed by atoms with Crippen LogP contribution < -0.4 is 5.32 Å². The first-order chi connectivity index (χ1) is 8.19. The maximum atomic E-state index is 12.1. The highest BCUT2D eigenvalue weighted by Crippen LogP contribution is 2.32. The van der Waals surface area contributed by atoms with Gasteiger partial charge in [0.25, 0.3) is 0 Å². The van der Waals surface area contributed by atoms with Gasteiger partial charge in [0.15, 0.2) is 0 Å². The number of hydrogen-bond acceptors (Lipinski definition) is 3. The second-order valence-electron chi connectivity index (χ2n) is 4.23. The summed E-state index contributed by atoms with van der Waals surface area (Å²) in [6, 6.07) is 9.46. The van der Waals surface area contributed by atoms with Crippen LogP contribution in [0.4, 0.5) is 4.79 Å². The lowest BCUT2D eigenvalue weighted by atomic mass is 9.76. The van der Waals surface area contributed by atoms with Crippen LogP contribution in [-0.2, 0) is 14.9 Å². The molecule has 1 aromatic rings. The van der Waals surface area contributed by atoms with Gasteiger partial charge in [-0.2, -0.15) is 0 Å². The van der Waals surface area contributed by atoms with Gasteiger partial charge in [0, 0.05) is 0 Å². The summed E-state index contributed by atoms with van der Waals surface area (Å²) in [6.07, 6.45) is 0.855. The lowest BCUT2D eigenvalue weighted by molar-refractivity contribution is -0.131. The Kier molecular flexibility index (Phi) is 3.13. The molecular formula is C13H15NO3. The Bertz CT molecular complexity index is 430. The largest absolute Gasteiger partial charge is 0.448 e. The minimum absolute atomic E-state index is 0.121. The molecular weight excluding hydrogens is 218 g/mol. The minimum Gasteiger partial charge on any atom is -0.448 e. The fourth-order valence-corrected chi connectivity index (χ4v) is 2.23. The van der Waals surface area contributed by atoms with Gasteiger partial charge in [-0.25, -0.2) is 4.79 Å². The number of amides is 2. The summed E-state index contributed by atoms with van der Waals surface area (Å²) in [6.45, 7) is 2.13. The maximum absolute atomic E-state index is 12.1. The van der Waals surface area contributed by atoms with E-state index in [1.165, 1.54) is 0 Å². The van der Waals surface area contributed by atoms with Gasteiger partial charge in [0.2, 0.25) is 5.91 Å². The summed E-state index contributed by atoms with van der Waals surface area (Å²) in [5, 5.41) is 2.25. The van der Waals surface area contributed by atoms with Crippen LogP contribution >= 0.6 is 0 Å². The molecule has 0 spiro atoms. The molecule has 1 atom stereocenters. The number of rotatable bonds is 3. The average Bonchev–Trinajstić information content (AvgIpc) is 2.34. The number of ether oxygens (including phenoxy) is 1. The summed E-state index contributed by atoms with van der Waals surface area (Å²) in [5.41, 5.74) is 0.163. The fraction of sp³-hybridized carbons (Fsp3) is 0.385. The molecule has 17 heavy (non-hydrogen) atoms. The van der Waals surface area contributed by atoms with Gasteiger partial charge in [0.1, 0.15) is 12.0 Å². The van der Waals surface area contributed by atoms with E-state index in [4.69, 9.17) is 4.74 Å². The third-order valence-corrected chi connectivity index (χ3v) is 3.10. The van der Waals surface area contributed by atoms with Crippen molar-refractivity contribution in [3.63, 3.8) is 0 Å². The first-order valence-electron chi connectivity index (χ1n) is 5.73. The lowest BCUT2D eigenvalue weighted by Crippen LogP contribution is -2.55.